The van der Waals surface area contributed by atoms with Crippen LogP contribution in [0.25, 0.3) is 22.2 Å². The Morgan fingerprint density at radius 2 is 2.28 bits per heavy atom. The molecule has 18 heavy (non-hydrogen) atoms. The number of non-ortho nitro benzene ring substituents is 1. The van der Waals surface area contributed by atoms with Crippen LogP contribution in [0.3, 0.4) is 0 Å². The summed E-state index contributed by atoms with van der Waals surface area (Å²) in [4.78, 5) is 17.3. The van der Waals surface area contributed by atoms with Crippen molar-refractivity contribution >= 4 is 22.6 Å². The van der Waals surface area contributed by atoms with E-state index in [1.807, 2.05) is 0 Å². The summed E-state index contributed by atoms with van der Waals surface area (Å²) in [5.41, 5.74) is 7.49. The summed E-state index contributed by atoms with van der Waals surface area (Å²) in [6, 6.07) is 4.65. The van der Waals surface area contributed by atoms with Gasteiger partial charge in [-0.1, -0.05) is 0 Å². The minimum Gasteiger partial charge on any atom is -0.432 e. The highest BCUT2D eigenvalue weighted by atomic mass is 16.6. The van der Waals surface area contributed by atoms with Crippen molar-refractivity contribution in [3.63, 3.8) is 0 Å². The van der Waals surface area contributed by atoms with Crippen molar-refractivity contribution in [3.8, 4) is 11.3 Å². The van der Waals surface area contributed by atoms with Crippen LogP contribution in [0.2, 0.25) is 0 Å². The van der Waals surface area contributed by atoms with Crippen LogP contribution in [-0.4, -0.2) is 14.9 Å². The molecule has 2 aromatic heterocycles. The number of aromatic amines is 1. The number of anilines is 1. The lowest BCUT2D eigenvalue weighted by Gasteiger charge is -1.94. The van der Waals surface area contributed by atoms with Crippen LogP contribution in [0.1, 0.15) is 0 Å². The number of hydrogen-bond donors (Lipinski definition) is 2. The molecule has 0 aliphatic carbocycles. The lowest BCUT2D eigenvalue weighted by molar-refractivity contribution is -0.384. The van der Waals surface area contributed by atoms with E-state index in [0.29, 0.717) is 16.6 Å². The summed E-state index contributed by atoms with van der Waals surface area (Å²) < 4.78 is 4.93. The van der Waals surface area contributed by atoms with Gasteiger partial charge in [-0.3, -0.25) is 10.1 Å². The molecular weight excluding hydrogens is 236 g/mol. The number of nitrogens with two attached hydrogens (primary N) is 1. The number of nitrogens with one attached hydrogen (secondary N) is 1. The molecule has 0 radical (unpaired) electrons. The predicted octanol–water partition coefficient (Wildman–Crippen LogP) is 2.31. The van der Waals surface area contributed by atoms with Gasteiger partial charge < -0.3 is 15.1 Å². The second-order valence-corrected chi connectivity index (χ2v) is 3.76. The van der Waals surface area contributed by atoms with Crippen LogP contribution in [0.5, 0.6) is 0 Å². The highest BCUT2D eigenvalue weighted by molar-refractivity contribution is 5.95. The van der Waals surface area contributed by atoms with Gasteiger partial charge in [-0.2, -0.15) is 4.98 Å². The molecule has 7 heteroatoms. The molecule has 0 unspecified atom stereocenters. The number of benzene rings is 1. The van der Waals surface area contributed by atoms with Crippen molar-refractivity contribution < 1.29 is 9.34 Å². The molecule has 3 N–H and O–H groups in total. The molecule has 1 aromatic carbocycles. The fraction of sp³-hybridized carbons (Fsp3) is 0. The van der Waals surface area contributed by atoms with Gasteiger partial charge in [0.25, 0.3) is 11.7 Å². The fourth-order valence-electron chi connectivity index (χ4n) is 1.85. The van der Waals surface area contributed by atoms with Crippen molar-refractivity contribution in [2.24, 2.45) is 0 Å². The van der Waals surface area contributed by atoms with Gasteiger partial charge in [-0.05, 0) is 6.07 Å². The fourth-order valence-corrected chi connectivity index (χ4v) is 1.85. The van der Waals surface area contributed by atoms with Crippen molar-refractivity contribution in [1.82, 2.24) is 9.97 Å². The molecule has 0 spiro atoms. The summed E-state index contributed by atoms with van der Waals surface area (Å²) in [5, 5.41) is 11.5. The Morgan fingerprint density at radius 3 is 2.94 bits per heavy atom. The summed E-state index contributed by atoms with van der Waals surface area (Å²) in [7, 11) is 0. The third-order valence-electron chi connectivity index (χ3n) is 2.67. The predicted molar refractivity (Wildman–Crippen MR) is 64.9 cm³/mol. The molecule has 0 aliphatic rings. The van der Waals surface area contributed by atoms with E-state index >= 15 is 0 Å². The molecule has 0 atom stereocenters. The van der Waals surface area contributed by atoms with Gasteiger partial charge in [0.15, 0.2) is 0 Å². The molecule has 3 aromatic rings. The van der Waals surface area contributed by atoms with E-state index in [-0.39, 0.29) is 11.7 Å². The molecule has 0 fully saturated rings. The first-order valence-electron chi connectivity index (χ1n) is 5.12. The summed E-state index contributed by atoms with van der Waals surface area (Å²) in [6.45, 7) is 0. The summed E-state index contributed by atoms with van der Waals surface area (Å²) in [6.07, 6.45) is 3.13. The number of nitro groups is 1. The summed E-state index contributed by atoms with van der Waals surface area (Å²) >= 11 is 0. The smallest absolute Gasteiger partial charge is 0.292 e. The second kappa shape index (κ2) is 3.59. The van der Waals surface area contributed by atoms with Gasteiger partial charge in [0.05, 0.1) is 4.92 Å². The Balaban J connectivity index is 2.23. The average molecular weight is 244 g/mol. The van der Waals surface area contributed by atoms with Crippen LogP contribution in [0.4, 0.5) is 11.7 Å². The largest absolute Gasteiger partial charge is 0.432 e. The van der Waals surface area contributed by atoms with E-state index in [4.69, 9.17) is 10.2 Å². The van der Waals surface area contributed by atoms with E-state index in [1.165, 1.54) is 18.4 Å². The van der Waals surface area contributed by atoms with E-state index in [2.05, 4.69) is 9.97 Å². The molecule has 7 nitrogen and oxygen atoms in total. The molecule has 2 heterocycles. The van der Waals surface area contributed by atoms with Gasteiger partial charge in [0.2, 0.25) is 0 Å². The van der Waals surface area contributed by atoms with Crippen molar-refractivity contribution in [3.05, 3.63) is 40.8 Å². The zero-order valence-corrected chi connectivity index (χ0v) is 9.08. The van der Waals surface area contributed by atoms with E-state index in [9.17, 15) is 10.1 Å². The molecular formula is C11H8N4O3. The summed E-state index contributed by atoms with van der Waals surface area (Å²) in [5.74, 6) is 0. The van der Waals surface area contributed by atoms with Gasteiger partial charge in [-0.25, -0.2) is 0 Å². The first-order valence-corrected chi connectivity index (χ1v) is 5.12. The number of oxazole rings is 1. The maximum absolute atomic E-state index is 10.8. The van der Waals surface area contributed by atoms with Crippen molar-refractivity contribution in [2.45, 2.75) is 0 Å². The van der Waals surface area contributed by atoms with Crippen LogP contribution < -0.4 is 5.73 Å². The lowest BCUT2D eigenvalue weighted by atomic mass is 10.1. The van der Waals surface area contributed by atoms with Crippen molar-refractivity contribution in [2.75, 3.05) is 5.73 Å². The number of fused-ring (bicyclic) bond motifs is 1. The van der Waals surface area contributed by atoms with Crippen LogP contribution in [0.15, 0.2) is 35.1 Å². The number of aromatic nitrogens is 2. The Bertz CT molecular complexity index is 744. The molecule has 3 rings (SSSR count). The van der Waals surface area contributed by atoms with Gasteiger partial charge in [-0.15, -0.1) is 0 Å². The van der Waals surface area contributed by atoms with E-state index < -0.39 is 4.92 Å². The first-order chi connectivity index (χ1) is 8.65. The molecule has 0 amide bonds. The highest BCUT2D eigenvalue weighted by Crippen LogP contribution is 2.30. The Labute approximate surface area is 100 Å². The number of nitro benzene ring substituents is 1. The minimum absolute atomic E-state index is 0.0276. The third-order valence-corrected chi connectivity index (χ3v) is 2.67. The maximum atomic E-state index is 10.8. The normalized spacial score (nSPS) is 10.9. The van der Waals surface area contributed by atoms with Gasteiger partial charge >= 0.3 is 0 Å². The zero-order valence-electron chi connectivity index (χ0n) is 9.08. The second-order valence-electron chi connectivity index (χ2n) is 3.76. The Morgan fingerprint density at radius 1 is 1.44 bits per heavy atom. The first kappa shape index (κ1) is 10.3. The lowest BCUT2D eigenvalue weighted by Crippen LogP contribution is -1.87. The molecule has 0 saturated carbocycles. The van der Waals surface area contributed by atoms with Crippen molar-refractivity contribution in [1.29, 1.82) is 0 Å². The minimum atomic E-state index is -0.437. The van der Waals surface area contributed by atoms with Gasteiger partial charge in [0.1, 0.15) is 12.0 Å². The SMILES string of the molecule is Nc1nc(-c2c[nH]c3ccc([N+](=O)[O-])cc23)co1. The molecule has 0 bridgehead atoms. The third kappa shape index (κ3) is 1.49. The quantitative estimate of drug-likeness (QED) is 0.530. The number of hydrogen-bond acceptors (Lipinski definition) is 5. The average Bonchev–Trinajstić information content (AvgIpc) is 2.93. The molecule has 0 saturated heterocycles. The van der Waals surface area contributed by atoms with Gasteiger partial charge in [0, 0.05) is 34.8 Å². The Hall–Kier alpha value is -2.83. The zero-order chi connectivity index (χ0) is 12.7. The number of H-pyrrole nitrogens is 1. The van der Waals surface area contributed by atoms with Crippen LogP contribution in [0, 0.1) is 10.1 Å². The van der Waals surface area contributed by atoms with Crippen LogP contribution in [-0.2, 0) is 0 Å². The topological polar surface area (TPSA) is 111 Å². The number of nitrogen functional groups attached to an aromatic ring is 1. The Kier molecular flexibility index (Phi) is 2.06. The number of rotatable bonds is 2. The monoisotopic (exact) mass is 244 g/mol. The molecule has 0 aliphatic heterocycles. The number of nitrogens with zero attached hydrogens (tertiary/aromatic N) is 2. The highest BCUT2D eigenvalue weighted by Gasteiger charge is 2.13. The van der Waals surface area contributed by atoms with E-state index in [1.54, 1.807) is 12.3 Å². The molecule has 90 valence electrons. The maximum Gasteiger partial charge on any atom is 0.292 e. The van der Waals surface area contributed by atoms with E-state index in [0.717, 1.165) is 5.52 Å². The van der Waals surface area contributed by atoms with Crippen LogP contribution >= 0.6 is 0 Å². The standard InChI is InChI=1S/C11H8N4O3/c12-11-14-10(5-18-11)8-4-13-9-2-1-6(15(16)17)3-7(8)9/h1-5,13H,(H2,12,14).